The van der Waals surface area contributed by atoms with Crippen LogP contribution in [0.15, 0.2) is 45.9 Å². The fourth-order valence-corrected chi connectivity index (χ4v) is 2.55. The summed E-state index contributed by atoms with van der Waals surface area (Å²) < 4.78 is 0.267. The SMILES string of the molecule is CCCCc1ccc(N=Cc2cc([N+](=O)[O-])cc(Br)c2O)cc1. The monoisotopic (exact) mass is 376 g/mol. The maximum Gasteiger partial charge on any atom is 0.271 e. The zero-order valence-electron chi connectivity index (χ0n) is 12.7. The fourth-order valence-electron chi connectivity index (χ4n) is 2.08. The molecule has 0 heterocycles. The van der Waals surface area contributed by atoms with Gasteiger partial charge in [0.15, 0.2) is 0 Å². The van der Waals surface area contributed by atoms with Crippen LogP contribution in [0.3, 0.4) is 0 Å². The molecule has 5 nitrogen and oxygen atoms in total. The molecule has 0 spiro atoms. The van der Waals surface area contributed by atoms with E-state index in [2.05, 4.69) is 27.8 Å². The molecule has 0 saturated carbocycles. The number of unbranched alkanes of at least 4 members (excludes halogenated alkanes) is 1. The third kappa shape index (κ3) is 4.63. The normalized spacial score (nSPS) is 11.0. The molecule has 0 bridgehead atoms. The van der Waals surface area contributed by atoms with Gasteiger partial charge in [-0.1, -0.05) is 25.5 Å². The second-order valence-corrected chi connectivity index (χ2v) is 6.01. The number of aromatic hydroxyl groups is 1. The van der Waals surface area contributed by atoms with Crippen LogP contribution in [0.1, 0.15) is 30.9 Å². The molecule has 0 radical (unpaired) electrons. The van der Waals surface area contributed by atoms with Gasteiger partial charge in [-0.25, -0.2) is 0 Å². The zero-order chi connectivity index (χ0) is 16.8. The number of aliphatic imine (C=N–C) groups is 1. The van der Waals surface area contributed by atoms with Gasteiger partial charge in [0, 0.05) is 23.9 Å². The minimum absolute atomic E-state index is 0.0704. The van der Waals surface area contributed by atoms with Crippen molar-refractivity contribution in [1.29, 1.82) is 0 Å². The van der Waals surface area contributed by atoms with Crippen LogP contribution in [0.2, 0.25) is 0 Å². The van der Waals surface area contributed by atoms with Gasteiger partial charge in [0.1, 0.15) is 5.75 Å². The van der Waals surface area contributed by atoms with Crippen molar-refractivity contribution in [1.82, 2.24) is 0 Å². The Balaban J connectivity index is 2.21. The van der Waals surface area contributed by atoms with E-state index in [-0.39, 0.29) is 15.9 Å². The standard InChI is InChI=1S/C17H17BrN2O3/c1-2-3-4-12-5-7-14(8-6-12)19-11-13-9-15(20(22)23)10-16(18)17(13)21/h5-11,21H,2-4H2,1H3. The lowest BCUT2D eigenvalue weighted by Gasteiger charge is -2.03. The van der Waals surface area contributed by atoms with Crippen LogP contribution < -0.4 is 0 Å². The molecule has 0 aromatic heterocycles. The molecule has 1 N–H and O–H groups in total. The van der Waals surface area contributed by atoms with E-state index in [1.54, 1.807) is 0 Å². The number of nitro benzene ring substituents is 1. The number of non-ortho nitro benzene ring substituents is 1. The quantitative estimate of drug-likeness (QED) is 0.429. The average molecular weight is 377 g/mol. The number of hydrogen-bond donors (Lipinski definition) is 1. The predicted molar refractivity (Wildman–Crippen MR) is 94.8 cm³/mol. The van der Waals surface area contributed by atoms with Crippen molar-refractivity contribution in [2.75, 3.05) is 0 Å². The minimum atomic E-state index is -0.510. The van der Waals surface area contributed by atoms with E-state index >= 15 is 0 Å². The van der Waals surface area contributed by atoms with E-state index in [0.29, 0.717) is 5.56 Å². The van der Waals surface area contributed by atoms with Gasteiger partial charge in [0.05, 0.1) is 15.1 Å². The first-order valence-electron chi connectivity index (χ1n) is 7.31. The number of rotatable bonds is 6. The topological polar surface area (TPSA) is 75.7 Å². The minimum Gasteiger partial charge on any atom is -0.506 e. The Morgan fingerprint density at radius 2 is 2.00 bits per heavy atom. The summed E-state index contributed by atoms with van der Waals surface area (Å²) in [6.45, 7) is 2.16. The molecule has 2 aromatic rings. The molecule has 2 rings (SSSR count). The number of halogens is 1. The summed E-state index contributed by atoms with van der Waals surface area (Å²) in [6, 6.07) is 10.4. The smallest absolute Gasteiger partial charge is 0.271 e. The van der Waals surface area contributed by atoms with Gasteiger partial charge in [-0.2, -0.15) is 0 Å². The molecule has 0 aliphatic rings. The average Bonchev–Trinajstić information content (AvgIpc) is 2.55. The lowest BCUT2D eigenvalue weighted by Crippen LogP contribution is -1.91. The molecule has 0 unspecified atom stereocenters. The van der Waals surface area contributed by atoms with Crippen molar-refractivity contribution < 1.29 is 10.0 Å². The summed E-state index contributed by atoms with van der Waals surface area (Å²) in [5, 5.41) is 20.8. The Labute approximate surface area is 143 Å². The first-order chi connectivity index (χ1) is 11.0. The molecule has 0 aliphatic heterocycles. The molecular weight excluding hydrogens is 360 g/mol. The van der Waals surface area contributed by atoms with Crippen LogP contribution in [-0.4, -0.2) is 16.2 Å². The third-order valence-electron chi connectivity index (χ3n) is 3.40. The van der Waals surface area contributed by atoms with Crippen LogP contribution in [0.4, 0.5) is 11.4 Å². The molecule has 0 aliphatic carbocycles. The first kappa shape index (κ1) is 17.1. The summed E-state index contributed by atoms with van der Waals surface area (Å²) in [4.78, 5) is 14.6. The highest BCUT2D eigenvalue weighted by atomic mass is 79.9. The molecule has 0 saturated heterocycles. The van der Waals surface area contributed by atoms with Crippen molar-refractivity contribution in [3.05, 3.63) is 62.1 Å². The lowest BCUT2D eigenvalue weighted by atomic mass is 10.1. The highest BCUT2D eigenvalue weighted by molar-refractivity contribution is 9.10. The van der Waals surface area contributed by atoms with Crippen molar-refractivity contribution in [3.8, 4) is 5.75 Å². The Morgan fingerprint density at radius 3 is 2.61 bits per heavy atom. The van der Waals surface area contributed by atoms with Crippen LogP contribution >= 0.6 is 15.9 Å². The molecule has 23 heavy (non-hydrogen) atoms. The van der Waals surface area contributed by atoms with E-state index in [9.17, 15) is 15.2 Å². The fraction of sp³-hybridized carbons (Fsp3) is 0.235. The van der Waals surface area contributed by atoms with Gasteiger partial charge in [-0.05, 0) is 46.5 Å². The van der Waals surface area contributed by atoms with Crippen molar-refractivity contribution in [2.24, 2.45) is 4.99 Å². The second-order valence-electron chi connectivity index (χ2n) is 5.15. The van der Waals surface area contributed by atoms with Gasteiger partial charge in [-0.15, -0.1) is 0 Å². The van der Waals surface area contributed by atoms with E-state index in [1.165, 1.54) is 23.9 Å². The molecule has 0 fully saturated rings. The molecule has 6 heteroatoms. The Bertz CT molecular complexity index is 727. The van der Waals surface area contributed by atoms with Gasteiger partial charge in [-0.3, -0.25) is 15.1 Å². The summed E-state index contributed by atoms with van der Waals surface area (Å²) in [5.41, 5.74) is 2.17. The van der Waals surface area contributed by atoms with E-state index in [1.807, 2.05) is 24.3 Å². The number of nitro groups is 1. The zero-order valence-corrected chi connectivity index (χ0v) is 14.3. The Kier molecular flexibility index (Phi) is 5.87. The maximum atomic E-state index is 10.9. The predicted octanol–water partition coefficient (Wildman–Crippen LogP) is 5.16. The Hall–Kier alpha value is -2.21. The number of phenols is 1. The number of aryl methyl sites for hydroxylation is 1. The number of phenolic OH excluding ortho intramolecular Hbond substituents is 1. The molecule has 0 atom stereocenters. The molecule has 2 aromatic carbocycles. The summed E-state index contributed by atoms with van der Waals surface area (Å²) >= 11 is 3.11. The van der Waals surface area contributed by atoms with Gasteiger partial charge in [0.2, 0.25) is 0 Å². The third-order valence-corrected chi connectivity index (χ3v) is 4.00. The highest BCUT2D eigenvalue weighted by Crippen LogP contribution is 2.31. The molecule has 120 valence electrons. The van der Waals surface area contributed by atoms with Gasteiger partial charge in [0.25, 0.3) is 5.69 Å². The van der Waals surface area contributed by atoms with Crippen LogP contribution in [0.5, 0.6) is 5.75 Å². The van der Waals surface area contributed by atoms with Crippen molar-refractivity contribution in [3.63, 3.8) is 0 Å². The lowest BCUT2D eigenvalue weighted by molar-refractivity contribution is -0.385. The second kappa shape index (κ2) is 7.87. The molecular formula is C17H17BrN2O3. The summed E-state index contributed by atoms with van der Waals surface area (Å²) in [5.74, 6) is -0.0704. The summed E-state index contributed by atoms with van der Waals surface area (Å²) in [7, 11) is 0. The van der Waals surface area contributed by atoms with E-state index < -0.39 is 4.92 Å². The summed E-state index contributed by atoms with van der Waals surface area (Å²) in [6.07, 6.45) is 4.77. The van der Waals surface area contributed by atoms with Crippen LogP contribution in [-0.2, 0) is 6.42 Å². The van der Waals surface area contributed by atoms with Gasteiger partial charge < -0.3 is 5.11 Å². The van der Waals surface area contributed by atoms with Crippen molar-refractivity contribution in [2.45, 2.75) is 26.2 Å². The first-order valence-corrected chi connectivity index (χ1v) is 8.10. The van der Waals surface area contributed by atoms with Crippen LogP contribution in [0.25, 0.3) is 0 Å². The number of nitrogens with zero attached hydrogens (tertiary/aromatic N) is 2. The van der Waals surface area contributed by atoms with Gasteiger partial charge >= 0.3 is 0 Å². The maximum absolute atomic E-state index is 10.9. The number of hydrogen-bond acceptors (Lipinski definition) is 4. The molecule has 0 amide bonds. The largest absolute Gasteiger partial charge is 0.506 e. The van der Waals surface area contributed by atoms with E-state index in [4.69, 9.17) is 0 Å². The van der Waals surface area contributed by atoms with Crippen LogP contribution in [0, 0.1) is 10.1 Å². The van der Waals surface area contributed by atoms with E-state index in [0.717, 1.165) is 24.9 Å². The Morgan fingerprint density at radius 1 is 1.30 bits per heavy atom. The van der Waals surface area contributed by atoms with Crippen molar-refractivity contribution >= 4 is 33.5 Å². The highest BCUT2D eigenvalue weighted by Gasteiger charge is 2.13. The number of benzene rings is 2.